The fourth-order valence-corrected chi connectivity index (χ4v) is 4.33. The van der Waals surface area contributed by atoms with Crippen LogP contribution in [0.25, 0.3) is 0 Å². The summed E-state index contributed by atoms with van der Waals surface area (Å²) in [4.78, 5) is 17.1. The molecule has 0 radical (unpaired) electrons. The molecule has 2 aromatic heterocycles. The van der Waals surface area contributed by atoms with Crippen LogP contribution in [0.3, 0.4) is 0 Å². The van der Waals surface area contributed by atoms with Crippen molar-refractivity contribution in [2.75, 3.05) is 13.2 Å². The molecule has 0 bridgehead atoms. The summed E-state index contributed by atoms with van der Waals surface area (Å²) in [5.41, 5.74) is 0.0723. The minimum absolute atomic E-state index is 0.0648. The Labute approximate surface area is 166 Å². The lowest BCUT2D eigenvalue weighted by Crippen LogP contribution is -2.31. The first kappa shape index (κ1) is 20.1. The zero-order valence-electron chi connectivity index (χ0n) is 16.1. The summed E-state index contributed by atoms with van der Waals surface area (Å²) in [6.45, 7) is 0.852. The number of nitrogens with zero attached hydrogens (tertiary/aromatic N) is 3. The first-order valence-corrected chi connectivity index (χ1v) is 10.1. The van der Waals surface area contributed by atoms with E-state index in [9.17, 15) is 18.0 Å². The minimum atomic E-state index is -4.53. The normalized spacial score (nSPS) is 20.9. The number of alkyl halides is 3. The molecule has 0 N–H and O–H groups in total. The van der Waals surface area contributed by atoms with Crippen molar-refractivity contribution < 1.29 is 17.9 Å². The van der Waals surface area contributed by atoms with Gasteiger partial charge in [-0.3, -0.25) is 9.78 Å². The SMILES string of the molecule is O=c1c(C2CCCCC2)cc(C2CCOC2)nn1Cc1ncccc1C(F)(F)F. The van der Waals surface area contributed by atoms with Gasteiger partial charge in [-0.1, -0.05) is 19.3 Å². The molecule has 3 heterocycles. The van der Waals surface area contributed by atoms with Crippen molar-refractivity contribution in [3.63, 3.8) is 0 Å². The maximum absolute atomic E-state index is 13.4. The quantitative estimate of drug-likeness (QED) is 0.760. The first-order chi connectivity index (χ1) is 13.9. The van der Waals surface area contributed by atoms with Gasteiger partial charge in [0.2, 0.25) is 0 Å². The molecule has 2 aromatic rings. The molecular weight excluding hydrogens is 383 g/mol. The highest BCUT2D eigenvalue weighted by atomic mass is 19.4. The van der Waals surface area contributed by atoms with Gasteiger partial charge < -0.3 is 4.74 Å². The predicted octanol–water partition coefficient (Wildman–Crippen LogP) is 4.26. The van der Waals surface area contributed by atoms with Gasteiger partial charge in [0.15, 0.2) is 0 Å². The summed E-state index contributed by atoms with van der Waals surface area (Å²) in [6, 6.07) is 4.11. The molecule has 0 spiro atoms. The van der Waals surface area contributed by atoms with E-state index >= 15 is 0 Å². The van der Waals surface area contributed by atoms with Crippen molar-refractivity contribution in [3.05, 3.63) is 57.3 Å². The smallest absolute Gasteiger partial charge is 0.381 e. The number of rotatable bonds is 4. The molecule has 1 aliphatic carbocycles. The van der Waals surface area contributed by atoms with Gasteiger partial charge in [-0.2, -0.15) is 18.3 Å². The predicted molar refractivity (Wildman–Crippen MR) is 101 cm³/mol. The molecule has 1 unspecified atom stereocenters. The molecule has 1 saturated carbocycles. The van der Waals surface area contributed by atoms with Gasteiger partial charge in [-0.05, 0) is 43.4 Å². The van der Waals surface area contributed by atoms with E-state index in [2.05, 4.69) is 10.1 Å². The number of hydrogen-bond donors (Lipinski definition) is 0. The van der Waals surface area contributed by atoms with Crippen molar-refractivity contribution in [1.29, 1.82) is 0 Å². The molecule has 29 heavy (non-hydrogen) atoms. The molecule has 2 aliphatic rings. The highest BCUT2D eigenvalue weighted by molar-refractivity contribution is 5.25. The molecule has 1 saturated heterocycles. The Morgan fingerprint density at radius 2 is 1.93 bits per heavy atom. The molecule has 0 amide bonds. The fourth-order valence-electron chi connectivity index (χ4n) is 4.33. The van der Waals surface area contributed by atoms with Crippen molar-refractivity contribution >= 4 is 0 Å². The van der Waals surface area contributed by atoms with Crippen LogP contribution in [0.4, 0.5) is 13.2 Å². The number of halogens is 3. The van der Waals surface area contributed by atoms with E-state index in [-0.39, 0.29) is 29.6 Å². The summed E-state index contributed by atoms with van der Waals surface area (Å²) in [5, 5.41) is 4.45. The van der Waals surface area contributed by atoms with Crippen LogP contribution >= 0.6 is 0 Å². The number of pyridine rings is 1. The average Bonchev–Trinajstić information content (AvgIpc) is 3.25. The van der Waals surface area contributed by atoms with Crippen LogP contribution in [0, 0.1) is 0 Å². The molecule has 1 atom stereocenters. The number of aromatic nitrogens is 3. The Bertz CT molecular complexity index is 914. The second-order valence-electron chi connectivity index (χ2n) is 7.88. The van der Waals surface area contributed by atoms with Crippen LogP contribution < -0.4 is 5.56 Å². The third kappa shape index (κ3) is 4.37. The largest absolute Gasteiger partial charge is 0.418 e. The van der Waals surface area contributed by atoms with Gasteiger partial charge in [-0.25, -0.2) is 4.68 Å². The number of hydrogen-bond acceptors (Lipinski definition) is 4. The highest BCUT2D eigenvalue weighted by Crippen LogP contribution is 2.34. The Morgan fingerprint density at radius 1 is 1.14 bits per heavy atom. The Balaban J connectivity index is 1.76. The van der Waals surface area contributed by atoms with E-state index in [0.717, 1.165) is 50.3 Å². The van der Waals surface area contributed by atoms with Crippen LogP contribution in [-0.4, -0.2) is 28.0 Å². The van der Waals surface area contributed by atoms with Gasteiger partial charge >= 0.3 is 6.18 Å². The fraction of sp³-hybridized carbons (Fsp3) is 0.571. The number of ether oxygens (including phenoxy) is 1. The summed E-state index contributed by atoms with van der Waals surface area (Å²) >= 11 is 0. The third-order valence-corrected chi connectivity index (χ3v) is 5.91. The highest BCUT2D eigenvalue weighted by Gasteiger charge is 2.34. The Kier molecular flexibility index (Phi) is 5.72. The minimum Gasteiger partial charge on any atom is -0.381 e. The van der Waals surface area contributed by atoms with Crippen LogP contribution in [0.5, 0.6) is 0 Å². The molecule has 1 aliphatic heterocycles. The van der Waals surface area contributed by atoms with Crippen molar-refractivity contribution in [3.8, 4) is 0 Å². The van der Waals surface area contributed by atoms with E-state index in [1.54, 1.807) is 0 Å². The Hall–Kier alpha value is -2.22. The lowest BCUT2D eigenvalue weighted by Gasteiger charge is -2.23. The second-order valence-corrected chi connectivity index (χ2v) is 7.88. The van der Waals surface area contributed by atoms with Gasteiger partial charge in [-0.15, -0.1) is 0 Å². The van der Waals surface area contributed by atoms with E-state index in [0.29, 0.717) is 18.8 Å². The molecule has 5 nitrogen and oxygen atoms in total. The van der Waals surface area contributed by atoms with Gasteiger partial charge in [0, 0.05) is 24.3 Å². The first-order valence-electron chi connectivity index (χ1n) is 10.1. The van der Waals surface area contributed by atoms with Gasteiger partial charge in [0.1, 0.15) is 0 Å². The van der Waals surface area contributed by atoms with E-state index in [1.165, 1.54) is 16.9 Å². The standard InChI is InChI=1S/C21H24F3N3O2/c22-21(23,24)17-7-4-9-25-19(17)12-27-20(28)16(14-5-2-1-3-6-14)11-18(26-27)15-8-10-29-13-15/h4,7,9,11,14-15H,1-3,5-6,8,10,12-13H2. The lowest BCUT2D eigenvalue weighted by atomic mass is 9.84. The third-order valence-electron chi connectivity index (χ3n) is 5.91. The molecule has 2 fully saturated rings. The lowest BCUT2D eigenvalue weighted by molar-refractivity contribution is -0.138. The summed E-state index contributed by atoms with van der Waals surface area (Å²) in [5.74, 6) is 0.201. The zero-order chi connectivity index (χ0) is 20.4. The Morgan fingerprint density at radius 3 is 2.62 bits per heavy atom. The van der Waals surface area contributed by atoms with Crippen molar-refractivity contribution in [2.24, 2.45) is 0 Å². The molecule has 8 heteroatoms. The zero-order valence-corrected chi connectivity index (χ0v) is 16.1. The van der Waals surface area contributed by atoms with Crippen LogP contribution in [0.2, 0.25) is 0 Å². The van der Waals surface area contributed by atoms with Crippen LogP contribution in [-0.2, 0) is 17.5 Å². The topological polar surface area (TPSA) is 57.0 Å². The van der Waals surface area contributed by atoms with E-state index in [4.69, 9.17) is 4.74 Å². The summed E-state index contributed by atoms with van der Waals surface area (Å²) in [6.07, 6.45) is 2.71. The average molecular weight is 407 g/mol. The van der Waals surface area contributed by atoms with E-state index < -0.39 is 11.7 Å². The van der Waals surface area contributed by atoms with Gasteiger partial charge in [0.25, 0.3) is 5.56 Å². The second kappa shape index (κ2) is 8.26. The monoisotopic (exact) mass is 407 g/mol. The van der Waals surface area contributed by atoms with Gasteiger partial charge in [0.05, 0.1) is 30.1 Å². The maximum atomic E-state index is 13.4. The molecule has 156 valence electrons. The molecule has 0 aromatic carbocycles. The van der Waals surface area contributed by atoms with Crippen molar-refractivity contribution in [2.45, 2.75) is 63.1 Å². The van der Waals surface area contributed by atoms with Crippen molar-refractivity contribution in [1.82, 2.24) is 14.8 Å². The maximum Gasteiger partial charge on any atom is 0.418 e. The molecule has 4 rings (SSSR count). The van der Waals surface area contributed by atoms with Crippen LogP contribution in [0.15, 0.2) is 29.2 Å². The summed E-state index contributed by atoms with van der Waals surface area (Å²) in [7, 11) is 0. The van der Waals surface area contributed by atoms with Crippen LogP contribution in [0.1, 0.15) is 72.9 Å². The van der Waals surface area contributed by atoms with E-state index in [1.807, 2.05) is 6.07 Å². The summed E-state index contributed by atoms with van der Waals surface area (Å²) < 4.78 is 46.8. The molecular formula is C21H24F3N3O2.